The lowest BCUT2D eigenvalue weighted by Crippen LogP contribution is -2.13. The van der Waals surface area contributed by atoms with Crippen molar-refractivity contribution in [2.45, 2.75) is 26.9 Å². The van der Waals surface area contributed by atoms with Gasteiger partial charge in [0.25, 0.3) is 0 Å². The van der Waals surface area contributed by atoms with Crippen LogP contribution in [0.5, 0.6) is 0 Å². The van der Waals surface area contributed by atoms with Gasteiger partial charge in [0.15, 0.2) is 0 Å². The number of esters is 1. The molecule has 0 N–H and O–H groups in total. The lowest BCUT2D eigenvalue weighted by Gasteiger charge is -2.07. The zero-order chi connectivity index (χ0) is 10.7. The van der Waals surface area contributed by atoms with E-state index in [1.54, 1.807) is 12.1 Å². The van der Waals surface area contributed by atoms with Gasteiger partial charge in [-0.25, -0.2) is 9.78 Å². The summed E-state index contributed by atoms with van der Waals surface area (Å²) in [6, 6.07) is 3.43. The SMILES string of the molecule is Cc1nc(C(=O)OC(C)C)ccc1Br. The number of hydrogen-bond acceptors (Lipinski definition) is 3. The molecule has 0 saturated carbocycles. The van der Waals surface area contributed by atoms with Crippen molar-refractivity contribution in [2.75, 3.05) is 0 Å². The number of pyridine rings is 1. The molecule has 0 bridgehead atoms. The van der Waals surface area contributed by atoms with E-state index in [4.69, 9.17) is 4.74 Å². The summed E-state index contributed by atoms with van der Waals surface area (Å²) in [6.45, 7) is 5.45. The number of rotatable bonds is 2. The molecular formula is C10H12BrNO2. The molecule has 14 heavy (non-hydrogen) atoms. The molecule has 1 aromatic heterocycles. The number of nitrogens with zero attached hydrogens (tertiary/aromatic N) is 1. The predicted molar refractivity (Wildman–Crippen MR) is 57.2 cm³/mol. The third-order valence-electron chi connectivity index (χ3n) is 1.57. The minimum absolute atomic E-state index is 0.117. The number of carbonyl (C=O) groups is 1. The average molecular weight is 258 g/mol. The first kappa shape index (κ1) is 11.2. The maximum absolute atomic E-state index is 11.4. The summed E-state index contributed by atoms with van der Waals surface area (Å²) in [5.74, 6) is -0.379. The lowest BCUT2D eigenvalue weighted by atomic mass is 10.3. The minimum Gasteiger partial charge on any atom is -0.458 e. The van der Waals surface area contributed by atoms with Crippen molar-refractivity contribution >= 4 is 21.9 Å². The molecule has 1 rings (SSSR count). The summed E-state index contributed by atoms with van der Waals surface area (Å²) in [4.78, 5) is 15.5. The molecule has 4 heteroatoms. The van der Waals surface area contributed by atoms with Crippen LogP contribution >= 0.6 is 15.9 Å². The fraction of sp³-hybridized carbons (Fsp3) is 0.400. The monoisotopic (exact) mass is 257 g/mol. The largest absolute Gasteiger partial charge is 0.458 e. The third kappa shape index (κ3) is 2.80. The Morgan fingerprint density at radius 3 is 2.64 bits per heavy atom. The van der Waals surface area contributed by atoms with Crippen LogP contribution < -0.4 is 0 Å². The normalized spacial score (nSPS) is 10.4. The van der Waals surface area contributed by atoms with Gasteiger partial charge in [0, 0.05) is 4.47 Å². The summed E-state index contributed by atoms with van der Waals surface area (Å²) < 4.78 is 5.90. The van der Waals surface area contributed by atoms with E-state index in [0.29, 0.717) is 5.69 Å². The van der Waals surface area contributed by atoms with E-state index in [-0.39, 0.29) is 12.1 Å². The quantitative estimate of drug-likeness (QED) is 0.765. The van der Waals surface area contributed by atoms with Crippen LogP contribution in [0.2, 0.25) is 0 Å². The molecule has 0 radical (unpaired) electrons. The van der Waals surface area contributed by atoms with E-state index in [9.17, 15) is 4.79 Å². The van der Waals surface area contributed by atoms with Crippen molar-refractivity contribution in [1.29, 1.82) is 0 Å². The van der Waals surface area contributed by atoms with Crippen LogP contribution in [0.1, 0.15) is 30.0 Å². The van der Waals surface area contributed by atoms with Gasteiger partial charge in [0.05, 0.1) is 11.8 Å². The molecule has 0 unspecified atom stereocenters. The summed E-state index contributed by atoms with van der Waals surface area (Å²) in [7, 11) is 0. The Balaban J connectivity index is 2.86. The molecule has 0 aliphatic heterocycles. The highest BCUT2D eigenvalue weighted by Crippen LogP contribution is 2.14. The molecule has 0 amide bonds. The molecule has 0 aliphatic rings. The van der Waals surface area contributed by atoms with E-state index < -0.39 is 0 Å². The van der Waals surface area contributed by atoms with Crippen molar-refractivity contribution in [3.05, 3.63) is 28.0 Å². The first-order valence-electron chi connectivity index (χ1n) is 4.35. The van der Waals surface area contributed by atoms with Gasteiger partial charge in [-0.2, -0.15) is 0 Å². The molecule has 1 heterocycles. The highest BCUT2D eigenvalue weighted by molar-refractivity contribution is 9.10. The topological polar surface area (TPSA) is 39.2 Å². The van der Waals surface area contributed by atoms with Crippen LogP contribution in [-0.4, -0.2) is 17.1 Å². The first-order chi connectivity index (χ1) is 6.50. The Morgan fingerprint density at radius 2 is 2.14 bits per heavy atom. The summed E-state index contributed by atoms with van der Waals surface area (Å²) >= 11 is 3.31. The molecule has 0 spiro atoms. The molecule has 0 aliphatic carbocycles. The van der Waals surface area contributed by atoms with Gasteiger partial charge in [0.1, 0.15) is 5.69 Å². The van der Waals surface area contributed by atoms with Gasteiger partial charge in [-0.05, 0) is 48.8 Å². The number of ether oxygens (including phenoxy) is 1. The Bertz CT molecular complexity index is 350. The van der Waals surface area contributed by atoms with Crippen LogP contribution in [0.25, 0.3) is 0 Å². The Hall–Kier alpha value is -0.900. The van der Waals surface area contributed by atoms with E-state index in [0.717, 1.165) is 10.2 Å². The third-order valence-corrected chi connectivity index (χ3v) is 2.41. The summed E-state index contributed by atoms with van der Waals surface area (Å²) in [6.07, 6.45) is -0.117. The predicted octanol–water partition coefficient (Wildman–Crippen LogP) is 2.72. The second-order valence-electron chi connectivity index (χ2n) is 3.22. The van der Waals surface area contributed by atoms with Crippen LogP contribution in [0.3, 0.4) is 0 Å². The average Bonchev–Trinajstić information content (AvgIpc) is 2.08. The molecule has 0 fully saturated rings. The van der Waals surface area contributed by atoms with E-state index >= 15 is 0 Å². The molecule has 0 aromatic carbocycles. The number of halogens is 1. The Morgan fingerprint density at radius 1 is 1.50 bits per heavy atom. The first-order valence-corrected chi connectivity index (χ1v) is 5.14. The van der Waals surface area contributed by atoms with E-state index in [1.165, 1.54) is 0 Å². The van der Waals surface area contributed by atoms with Crippen molar-refractivity contribution in [2.24, 2.45) is 0 Å². The van der Waals surface area contributed by atoms with Crippen molar-refractivity contribution in [1.82, 2.24) is 4.98 Å². The summed E-state index contributed by atoms with van der Waals surface area (Å²) in [5.41, 5.74) is 1.13. The minimum atomic E-state index is -0.379. The van der Waals surface area contributed by atoms with Crippen LogP contribution in [0, 0.1) is 6.92 Å². The van der Waals surface area contributed by atoms with Gasteiger partial charge >= 0.3 is 5.97 Å². The number of hydrogen-bond donors (Lipinski definition) is 0. The molecule has 76 valence electrons. The van der Waals surface area contributed by atoms with Gasteiger partial charge in [0.2, 0.25) is 0 Å². The lowest BCUT2D eigenvalue weighted by molar-refractivity contribution is 0.0370. The Kier molecular flexibility index (Phi) is 3.63. The fourth-order valence-electron chi connectivity index (χ4n) is 0.932. The second kappa shape index (κ2) is 4.55. The Labute approximate surface area is 91.6 Å². The molecule has 3 nitrogen and oxygen atoms in total. The van der Waals surface area contributed by atoms with Gasteiger partial charge in [-0.3, -0.25) is 0 Å². The van der Waals surface area contributed by atoms with Crippen molar-refractivity contribution in [3.63, 3.8) is 0 Å². The smallest absolute Gasteiger partial charge is 0.357 e. The van der Waals surface area contributed by atoms with Crippen molar-refractivity contribution < 1.29 is 9.53 Å². The molecule has 1 aromatic rings. The van der Waals surface area contributed by atoms with Gasteiger partial charge in [-0.1, -0.05) is 0 Å². The fourth-order valence-corrected chi connectivity index (χ4v) is 1.15. The highest BCUT2D eigenvalue weighted by atomic mass is 79.9. The molecular weight excluding hydrogens is 246 g/mol. The van der Waals surface area contributed by atoms with Gasteiger partial charge in [-0.15, -0.1) is 0 Å². The second-order valence-corrected chi connectivity index (χ2v) is 4.07. The number of aromatic nitrogens is 1. The zero-order valence-corrected chi connectivity index (χ0v) is 9.96. The van der Waals surface area contributed by atoms with Crippen LogP contribution in [0.4, 0.5) is 0 Å². The van der Waals surface area contributed by atoms with Crippen LogP contribution in [0.15, 0.2) is 16.6 Å². The van der Waals surface area contributed by atoms with Crippen LogP contribution in [-0.2, 0) is 4.74 Å². The van der Waals surface area contributed by atoms with E-state index in [2.05, 4.69) is 20.9 Å². The maximum Gasteiger partial charge on any atom is 0.357 e. The van der Waals surface area contributed by atoms with E-state index in [1.807, 2.05) is 20.8 Å². The number of aryl methyl sites for hydroxylation is 1. The maximum atomic E-state index is 11.4. The van der Waals surface area contributed by atoms with Gasteiger partial charge < -0.3 is 4.74 Å². The molecule has 0 atom stereocenters. The van der Waals surface area contributed by atoms with Crippen molar-refractivity contribution in [3.8, 4) is 0 Å². The highest BCUT2D eigenvalue weighted by Gasteiger charge is 2.11. The molecule has 0 saturated heterocycles. The summed E-state index contributed by atoms with van der Waals surface area (Å²) in [5, 5.41) is 0. The standard InChI is InChI=1S/C10H12BrNO2/c1-6(2)14-10(13)9-5-4-8(11)7(3)12-9/h4-6H,1-3H3. The number of carbonyl (C=O) groups excluding carboxylic acids is 1. The zero-order valence-electron chi connectivity index (χ0n) is 8.37.